The largest absolute Gasteiger partial charge is 0.381 e. The van der Waals surface area contributed by atoms with Gasteiger partial charge in [0.25, 0.3) is 5.91 Å². The van der Waals surface area contributed by atoms with Crippen LogP contribution in [0, 0.1) is 0 Å². The van der Waals surface area contributed by atoms with Gasteiger partial charge in [-0.1, -0.05) is 25.7 Å². The minimum Gasteiger partial charge on any atom is -0.381 e. The monoisotopic (exact) mass is 392 g/mol. The molecule has 1 aliphatic heterocycles. The van der Waals surface area contributed by atoms with Crippen LogP contribution in [-0.2, 0) is 0 Å². The maximum absolute atomic E-state index is 12.7. The van der Waals surface area contributed by atoms with Crippen molar-refractivity contribution in [2.24, 2.45) is 0 Å². The average molecular weight is 393 g/mol. The number of carbonyl (C=O) groups excluding carboxylic acids is 1. The van der Waals surface area contributed by atoms with E-state index in [-0.39, 0.29) is 5.91 Å². The summed E-state index contributed by atoms with van der Waals surface area (Å²) in [6.45, 7) is 2.25. The van der Waals surface area contributed by atoms with Crippen LogP contribution in [0.4, 0.5) is 17.1 Å². The second kappa shape index (κ2) is 9.77. The Bertz CT molecular complexity index is 791. The number of benzene rings is 1. The van der Waals surface area contributed by atoms with E-state index in [0.29, 0.717) is 11.6 Å². The van der Waals surface area contributed by atoms with Crippen LogP contribution in [0.5, 0.6) is 0 Å². The number of pyridine rings is 1. The zero-order valence-electron chi connectivity index (χ0n) is 17.2. The van der Waals surface area contributed by atoms with Gasteiger partial charge < -0.3 is 15.5 Å². The van der Waals surface area contributed by atoms with Crippen molar-refractivity contribution in [3.63, 3.8) is 0 Å². The van der Waals surface area contributed by atoms with E-state index >= 15 is 0 Å². The normalized spacial score (nSPS) is 18.1. The second-order valence-corrected chi connectivity index (χ2v) is 8.34. The van der Waals surface area contributed by atoms with E-state index in [9.17, 15) is 4.79 Å². The molecule has 0 unspecified atom stereocenters. The van der Waals surface area contributed by atoms with Gasteiger partial charge >= 0.3 is 0 Å². The zero-order valence-corrected chi connectivity index (χ0v) is 17.2. The third-order valence-electron chi connectivity index (χ3n) is 6.07. The van der Waals surface area contributed by atoms with Crippen molar-refractivity contribution in [1.82, 2.24) is 4.98 Å². The predicted octanol–water partition coefficient (Wildman–Crippen LogP) is 5.46. The Balaban J connectivity index is 1.36. The highest BCUT2D eigenvalue weighted by Gasteiger charge is 2.14. The van der Waals surface area contributed by atoms with Gasteiger partial charge in [-0.15, -0.1) is 0 Å². The van der Waals surface area contributed by atoms with Crippen LogP contribution in [0.3, 0.4) is 0 Å². The summed E-state index contributed by atoms with van der Waals surface area (Å²) in [6, 6.07) is 10.6. The summed E-state index contributed by atoms with van der Waals surface area (Å²) < 4.78 is 0. The molecular weight excluding hydrogens is 360 g/mol. The van der Waals surface area contributed by atoms with Crippen molar-refractivity contribution >= 4 is 23.0 Å². The Kier molecular flexibility index (Phi) is 6.65. The van der Waals surface area contributed by atoms with E-state index < -0.39 is 0 Å². The van der Waals surface area contributed by atoms with E-state index in [1.165, 1.54) is 63.5 Å². The molecule has 1 saturated heterocycles. The van der Waals surface area contributed by atoms with Gasteiger partial charge in [0.2, 0.25) is 0 Å². The van der Waals surface area contributed by atoms with E-state index in [1.54, 1.807) is 6.20 Å². The van der Waals surface area contributed by atoms with Gasteiger partial charge in [-0.05, 0) is 62.4 Å². The fourth-order valence-electron chi connectivity index (χ4n) is 4.41. The van der Waals surface area contributed by atoms with Crippen molar-refractivity contribution in [1.29, 1.82) is 0 Å². The molecule has 2 fully saturated rings. The smallest absolute Gasteiger partial charge is 0.257 e. The lowest BCUT2D eigenvalue weighted by Crippen LogP contribution is -2.29. The first-order valence-electron chi connectivity index (χ1n) is 11.2. The number of hydrogen-bond acceptors (Lipinski definition) is 4. The quantitative estimate of drug-likeness (QED) is 0.664. The lowest BCUT2D eigenvalue weighted by Gasteiger charge is -2.28. The number of nitrogens with zero attached hydrogens (tertiary/aromatic N) is 2. The summed E-state index contributed by atoms with van der Waals surface area (Å²) in [4.78, 5) is 19.4. The van der Waals surface area contributed by atoms with Gasteiger partial charge in [0.15, 0.2) is 0 Å². The van der Waals surface area contributed by atoms with Gasteiger partial charge in [-0.3, -0.25) is 9.78 Å². The topological polar surface area (TPSA) is 57.3 Å². The van der Waals surface area contributed by atoms with E-state index in [1.807, 2.05) is 24.4 Å². The molecule has 5 heteroatoms. The molecule has 0 bridgehead atoms. The van der Waals surface area contributed by atoms with Gasteiger partial charge in [0.05, 0.1) is 11.3 Å². The van der Waals surface area contributed by atoms with Crippen LogP contribution < -0.4 is 15.5 Å². The summed E-state index contributed by atoms with van der Waals surface area (Å²) in [7, 11) is 0. The lowest BCUT2D eigenvalue weighted by molar-refractivity contribution is 0.102. The Morgan fingerprint density at radius 1 is 0.862 bits per heavy atom. The fourth-order valence-corrected chi connectivity index (χ4v) is 4.41. The Morgan fingerprint density at radius 3 is 2.28 bits per heavy atom. The number of piperidine rings is 1. The minimum absolute atomic E-state index is 0.118. The molecule has 1 saturated carbocycles. The van der Waals surface area contributed by atoms with Gasteiger partial charge in [0.1, 0.15) is 0 Å². The molecule has 1 amide bonds. The summed E-state index contributed by atoms with van der Waals surface area (Å²) in [5.74, 6) is -0.118. The molecule has 1 aliphatic carbocycles. The maximum atomic E-state index is 12.7. The SMILES string of the molecule is O=C(Nc1ccc(N2CCCCC2)cc1)c1cncc(NC2CCCCCC2)c1. The number of carbonyl (C=O) groups is 1. The Hall–Kier alpha value is -2.56. The number of hydrogen-bond donors (Lipinski definition) is 2. The van der Waals surface area contributed by atoms with Crippen LogP contribution in [-0.4, -0.2) is 30.0 Å². The fraction of sp³-hybridized carbons (Fsp3) is 0.500. The molecule has 2 aliphatic rings. The van der Waals surface area contributed by atoms with Crippen molar-refractivity contribution in [2.75, 3.05) is 28.6 Å². The standard InChI is InChI=1S/C24H32N4O/c29-24(27-21-10-12-23(13-11-21)28-14-6-3-7-15-28)19-16-22(18-25-17-19)26-20-8-4-1-2-5-9-20/h10-13,16-18,20,26H,1-9,14-15H2,(H,27,29). The Morgan fingerprint density at radius 2 is 1.55 bits per heavy atom. The molecule has 4 rings (SSSR count). The number of aromatic nitrogens is 1. The first kappa shape index (κ1) is 19.7. The lowest BCUT2D eigenvalue weighted by atomic mass is 10.1. The number of rotatable bonds is 5. The summed E-state index contributed by atoms with van der Waals surface area (Å²) in [6.07, 6.45) is 14.9. The molecule has 0 spiro atoms. The van der Waals surface area contributed by atoms with Gasteiger partial charge in [-0.25, -0.2) is 0 Å². The first-order chi connectivity index (χ1) is 14.3. The summed E-state index contributed by atoms with van der Waals surface area (Å²) in [5.41, 5.74) is 3.57. The van der Waals surface area contributed by atoms with Gasteiger partial charge in [0, 0.05) is 42.9 Å². The molecule has 2 N–H and O–H groups in total. The van der Waals surface area contributed by atoms with Crippen LogP contribution >= 0.6 is 0 Å². The average Bonchev–Trinajstić information content (AvgIpc) is 3.04. The first-order valence-corrected chi connectivity index (χ1v) is 11.2. The van der Waals surface area contributed by atoms with Crippen LogP contribution in [0.25, 0.3) is 0 Å². The number of anilines is 3. The van der Waals surface area contributed by atoms with Crippen LogP contribution in [0.2, 0.25) is 0 Å². The molecule has 2 heterocycles. The summed E-state index contributed by atoms with van der Waals surface area (Å²) in [5, 5.41) is 6.58. The predicted molar refractivity (Wildman–Crippen MR) is 120 cm³/mol. The highest BCUT2D eigenvalue weighted by atomic mass is 16.1. The number of nitrogens with one attached hydrogen (secondary N) is 2. The van der Waals surface area contributed by atoms with Crippen molar-refractivity contribution < 1.29 is 4.79 Å². The number of amides is 1. The van der Waals surface area contributed by atoms with Crippen LogP contribution in [0.1, 0.15) is 68.1 Å². The molecule has 154 valence electrons. The van der Waals surface area contributed by atoms with Crippen molar-refractivity contribution in [3.8, 4) is 0 Å². The molecule has 1 aromatic heterocycles. The highest BCUT2D eigenvalue weighted by molar-refractivity contribution is 6.04. The Labute approximate surface area is 173 Å². The van der Waals surface area contributed by atoms with E-state index in [2.05, 4.69) is 32.7 Å². The molecule has 0 atom stereocenters. The van der Waals surface area contributed by atoms with Crippen molar-refractivity contribution in [3.05, 3.63) is 48.3 Å². The second-order valence-electron chi connectivity index (χ2n) is 8.34. The van der Waals surface area contributed by atoms with E-state index in [4.69, 9.17) is 0 Å². The highest BCUT2D eigenvalue weighted by Crippen LogP contribution is 2.23. The summed E-state index contributed by atoms with van der Waals surface area (Å²) >= 11 is 0. The maximum Gasteiger partial charge on any atom is 0.257 e. The molecule has 2 aromatic rings. The van der Waals surface area contributed by atoms with E-state index in [0.717, 1.165) is 24.5 Å². The van der Waals surface area contributed by atoms with Gasteiger partial charge in [-0.2, -0.15) is 0 Å². The zero-order chi connectivity index (χ0) is 19.9. The third kappa shape index (κ3) is 5.49. The minimum atomic E-state index is -0.118. The van der Waals surface area contributed by atoms with Crippen molar-refractivity contribution in [2.45, 2.75) is 63.8 Å². The molecule has 5 nitrogen and oxygen atoms in total. The molecule has 1 aromatic carbocycles. The third-order valence-corrected chi connectivity index (χ3v) is 6.07. The van der Waals surface area contributed by atoms with Crippen LogP contribution in [0.15, 0.2) is 42.7 Å². The molecule has 0 radical (unpaired) electrons. The molecule has 29 heavy (non-hydrogen) atoms. The molecular formula is C24H32N4O.